The third-order valence-corrected chi connectivity index (χ3v) is 4.66. The molecular weight excluding hydrogens is 330 g/mol. The van der Waals surface area contributed by atoms with Gasteiger partial charge in [0.1, 0.15) is 11.9 Å². The molecule has 1 heterocycles. The highest BCUT2D eigenvalue weighted by Gasteiger charge is 2.23. The molecule has 0 saturated carbocycles. The van der Waals surface area contributed by atoms with Crippen molar-refractivity contribution < 1.29 is 19.1 Å². The van der Waals surface area contributed by atoms with Crippen molar-refractivity contribution in [3.05, 3.63) is 58.7 Å². The molecule has 136 valence electrons. The molecule has 3 rings (SSSR count). The van der Waals surface area contributed by atoms with Crippen LogP contribution in [0.25, 0.3) is 0 Å². The van der Waals surface area contributed by atoms with E-state index in [0.717, 1.165) is 29.5 Å². The highest BCUT2D eigenvalue weighted by Crippen LogP contribution is 2.27. The molecule has 0 aliphatic carbocycles. The lowest BCUT2D eigenvalue weighted by molar-refractivity contribution is -0.124. The van der Waals surface area contributed by atoms with Gasteiger partial charge in [0.05, 0.1) is 5.56 Å². The van der Waals surface area contributed by atoms with E-state index in [1.54, 1.807) is 24.3 Å². The van der Waals surface area contributed by atoms with E-state index in [1.165, 1.54) is 0 Å². The third-order valence-electron chi connectivity index (χ3n) is 4.66. The van der Waals surface area contributed by atoms with E-state index >= 15 is 0 Å². The first-order valence-electron chi connectivity index (χ1n) is 8.77. The number of hydrogen-bond donors (Lipinski definition) is 1. The van der Waals surface area contributed by atoms with E-state index in [0.29, 0.717) is 23.6 Å². The van der Waals surface area contributed by atoms with E-state index in [4.69, 9.17) is 9.47 Å². The van der Waals surface area contributed by atoms with Crippen LogP contribution >= 0.6 is 0 Å². The van der Waals surface area contributed by atoms with Crippen LogP contribution < -0.4 is 10.1 Å². The van der Waals surface area contributed by atoms with E-state index in [2.05, 4.69) is 5.32 Å². The molecule has 26 heavy (non-hydrogen) atoms. The Morgan fingerprint density at radius 2 is 1.88 bits per heavy atom. The van der Waals surface area contributed by atoms with Gasteiger partial charge in [0.25, 0.3) is 5.91 Å². The van der Waals surface area contributed by atoms with Gasteiger partial charge in [0, 0.05) is 12.3 Å². The molecule has 1 saturated heterocycles. The molecule has 1 fully saturated rings. The second kappa shape index (κ2) is 7.70. The maximum atomic E-state index is 12.6. The van der Waals surface area contributed by atoms with E-state index in [1.807, 2.05) is 32.9 Å². The number of benzene rings is 2. The van der Waals surface area contributed by atoms with Gasteiger partial charge in [-0.05, 0) is 68.5 Å². The summed E-state index contributed by atoms with van der Waals surface area (Å²) >= 11 is 0. The Morgan fingerprint density at radius 3 is 2.62 bits per heavy atom. The molecule has 1 aliphatic heterocycles. The Bertz CT molecular complexity index is 838. The monoisotopic (exact) mass is 353 g/mol. The van der Waals surface area contributed by atoms with Gasteiger partial charge in [-0.1, -0.05) is 18.2 Å². The summed E-state index contributed by atoms with van der Waals surface area (Å²) in [6.45, 7) is 6.43. The van der Waals surface area contributed by atoms with Gasteiger partial charge >= 0.3 is 5.97 Å². The number of ether oxygens (including phenoxy) is 2. The number of aryl methyl sites for hydroxylation is 2. The van der Waals surface area contributed by atoms with Gasteiger partial charge in [0.2, 0.25) is 0 Å². The quantitative estimate of drug-likeness (QED) is 0.668. The van der Waals surface area contributed by atoms with Crippen LogP contribution in [0.4, 0.5) is 5.69 Å². The van der Waals surface area contributed by atoms with Crippen LogP contribution in [-0.4, -0.2) is 24.6 Å². The van der Waals surface area contributed by atoms with Crippen LogP contribution in [0.15, 0.2) is 36.4 Å². The van der Waals surface area contributed by atoms with Crippen LogP contribution in [0.3, 0.4) is 0 Å². The van der Waals surface area contributed by atoms with Crippen molar-refractivity contribution in [3.8, 4) is 5.75 Å². The highest BCUT2D eigenvalue weighted by molar-refractivity contribution is 5.97. The lowest BCUT2D eigenvalue weighted by Gasteiger charge is -2.13. The predicted octanol–water partition coefficient (Wildman–Crippen LogP) is 3.95. The average Bonchev–Trinajstić information content (AvgIpc) is 3.17. The number of carbonyl (C=O) groups is 2. The summed E-state index contributed by atoms with van der Waals surface area (Å²) in [6, 6.07) is 10.7. The van der Waals surface area contributed by atoms with Gasteiger partial charge in [-0.3, -0.25) is 4.79 Å². The van der Waals surface area contributed by atoms with Gasteiger partial charge in [-0.15, -0.1) is 0 Å². The number of carbonyl (C=O) groups excluding carboxylic acids is 2. The molecule has 2 aromatic rings. The Labute approximate surface area is 153 Å². The van der Waals surface area contributed by atoms with Crippen LogP contribution in [-0.2, 0) is 9.53 Å². The first-order valence-corrected chi connectivity index (χ1v) is 8.77. The largest absolute Gasteiger partial charge is 0.422 e. The molecule has 5 heteroatoms. The number of esters is 1. The minimum atomic E-state index is -0.449. The minimum Gasteiger partial charge on any atom is -0.422 e. The first kappa shape index (κ1) is 18.1. The predicted molar refractivity (Wildman–Crippen MR) is 99.7 cm³/mol. The van der Waals surface area contributed by atoms with Crippen molar-refractivity contribution in [2.24, 2.45) is 0 Å². The molecule has 0 aromatic heterocycles. The van der Waals surface area contributed by atoms with Crippen molar-refractivity contribution >= 4 is 17.6 Å². The van der Waals surface area contributed by atoms with Crippen LogP contribution in [0.2, 0.25) is 0 Å². The number of nitrogens with one attached hydrogen (secondary N) is 1. The molecule has 1 amide bonds. The third kappa shape index (κ3) is 3.94. The van der Waals surface area contributed by atoms with E-state index in [-0.39, 0.29) is 5.91 Å². The number of amides is 1. The number of hydrogen-bond acceptors (Lipinski definition) is 4. The number of rotatable bonds is 4. The Balaban J connectivity index is 1.74. The molecule has 0 spiro atoms. The fraction of sp³-hybridized carbons (Fsp3) is 0.333. The topological polar surface area (TPSA) is 64.6 Å². The molecule has 1 atom stereocenters. The van der Waals surface area contributed by atoms with Crippen LogP contribution in [0.1, 0.15) is 39.9 Å². The standard InChI is InChI=1S/C21H23NO4/c1-13-9-10-14(2)19(15(13)3)26-21(24)16-6-4-7-17(12-16)22-20(23)18-8-5-11-25-18/h4,6-7,9-10,12,18H,5,8,11H2,1-3H3,(H,22,23)/t18-/m0/s1. The summed E-state index contributed by atoms with van der Waals surface area (Å²) in [4.78, 5) is 24.7. The lowest BCUT2D eigenvalue weighted by Crippen LogP contribution is -2.27. The van der Waals surface area contributed by atoms with Gasteiger partial charge in [-0.2, -0.15) is 0 Å². The summed E-state index contributed by atoms with van der Waals surface area (Å²) < 4.78 is 11.0. The molecule has 0 unspecified atom stereocenters. The molecular formula is C21H23NO4. The van der Waals surface area contributed by atoms with Crippen LogP contribution in [0, 0.1) is 20.8 Å². The molecule has 2 aromatic carbocycles. The van der Waals surface area contributed by atoms with Gasteiger partial charge < -0.3 is 14.8 Å². The van der Waals surface area contributed by atoms with Crippen molar-refractivity contribution in [3.63, 3.8) is 0 Å². The molecule has 5 nitrogen and oxygen atoms in total. The van der Waals surface area contributed by atoms with E-state index < -0.39 is 12.1 Å². The number of anilines is 1. The molecule has 1 N–H and O–H groups in total. The summed E-state index contributed by atoms with van der Waals surface area (Å²) in [6.07, 6.45) is 1.20. The zero-order chi connectivity index (χ0) is 18.7. The summed E-state index contributed by atoms with van der Waals surface area (Å²) in [5, 5.41) is 2.80. The fourth-order valence-corrected chi connectivity index (χ4v) is 2.97. The average molecular weight is 353 g/mol. The second-order valence-electron chi connectivity index (χ2n) is 6.61. The fourth-order valence-electron chi connectivity index (χ4n) is 2.97. The normalized spacial score (nSPS) is 16.3. The summed E-state index contributed by atoms with van der Waals surface area (Å²) in [5.74, 6) is -0.0443. The maximum absolute atomic E-state index is 12.6. The van der Waals surface area contributed by atoms with Gasteiger partial charge in [-0.25, -0.2) is 4.79 Å². The zero-order valence-electron chi connectivity index (χ0n) is 15.3. The Morgan fingerprint density at radius 1 is 1.12 bits per heavy atom. The lowest BCUT2D eigenvalue weighted by atomic mass is 10.1. The van der Waals surface area contributed by atoms with Crippen molar-refractivity contribution in [1.82, 2.24) is 0 Å². The smallest absolute Gasteiger partial charge is 0.343 e. The van der Waals surface area contributed by atoms with E-state index in [9.17, 15) is 9.59 Å². The Kier molecular flexibility index (Phi) is 5.38. The van der Waals surface area contributed by atoms with Crippen molar-refractivity contribution in [2.45, 2.75) is 39.7 Å². The second-order valence-corrected chi connectivity index (χ2v) is 6.61. The molecule has 0 radical (unpaired) electrons. The van der Waals surface area contributed by atoms with Crippen LogP contribution in [0.5, 0.6) is 5.75 Å². The first-order chi connectivity index (χ1) is 12.5. The maximum Gasteiger partial charge on any atom is 0.343 e. The highest BCUT2D eigenvalue weighted by atomic mass is 16.5. The summed E-state index contributed by atoms with van der Waals surface area (Å²) in [7, 11) is 0. The van der Waals surface area contributed by atoms with Gasteiger partial charge in [0.15, 0.2) is 0 Å². The molecule has 0 bridgehead atoms. The molecule has 1 aliphatic rings. The minimum absolute atomic E-state index is 0.182. The Hall–Kier alpha value is -2.66. The zero-order valence-corrected chi connectivity index (χ0v) is 15.3. The van der Waals surface area contributed by atoms with Crippen molar-refractivity contribution in [1.29, 1.82) is 0 Å². The summed E-state index contributed by atoms with van der Waals surface area (Å²) in [5.41, 5.74) is 3.86. The van der Waals surface area contributed by atoms with Crippen molar-refractivity contribution in [2.75, 3.05) is 11.9 Å². The SMILES string of the molecule is Cc1ccc(C)c(OC(=O)c2cccc(NC(=O)[C@@H]3CCCO3)c2)c1C.